The second kappa shape index (κ2) is 8.30. The highest BCUT2D eigenvalue weighted by Crippen LogP contribution is 2.21. The molecule has 1 aromatic heterocycles. The van der Waals surface area contributed by atoms with Gasteiger partial charge in [0.05, 0.1) is 17.6 Å². The Morgan fingerprint density at radius 2 is 2.00 bits per heavy atom. The van der Waals surface area contributed by atoms with E-state index in [9.17, 15) is 14.7 Å². The summed E-state index contributed by atoms with van der Waals surface area (Å²) in [5.74, 6) is 0.0178. The highest BCUT2D eigenvalue weighted by atomic mass is 35.5. The molecular formula is C22H21ClN4O3. The van der Waals surface area contributed by atoms with Crippen LogP contribution in [0.2, 0.25) is 5.02 Å². The highest BCUT2D eigenvalue weighted by molar-refractivity contribution is 6.31. The average Bonchev–Trinajstić information content (AvgIpc) is 3.40. The molecule has 1 aliphatic heterocycles. The van der Waals surface area contributed by atoms with Crippen molar-refractivity contribution in [2.75, 3.05) is 19.7 Å². The number of imidazole rings is 1. The number of aromatic nitrogens is 2. The summed E-state index contributed by atoms with van der Waals surface area (Å²) < 4.78 is 0. The number of aromatic amines is 1. The number of nitrogens with one attached hydrogen (secondary N) is 2. The number of hydrogen-bond acceptors (Lipinski definition) is 4. The standard InChI is InChI=1S/C22H21ClN4O3/c1-13-10-14(4-6-16(13)22(30)27-8-2-3-9-27)21(29)26-19(12-28)20-24-17-7-5-15(23)11-18(17)25-20/h2-7,10-11,19,28H,8-9,12H2,1H3,(H,24,25)(H,26,29). The fourth-order valence-corrected chi connectivity index (χ4v) is 3.64. The van der Waals surface area contributed by atoms with Crippen molar-refractivity contribution in [2.45, 2.75) is 13.0 Å². The Labute approximate surface area is 178 Å². The number of amides is 2. The van der Waals surface area contributed by atoms with E-state index in [-0.39, 0.29) is 18.4 Å². The molecule has 30 heavy (non-hydrogen) atoms. The lowest BCUT2D eigenvalue weighted by molar-refractivity contribution is 0.0798. The van der Waals surface area contributed by atoms with Gasteiger partial charge in [-0.2, -0.15) is 0 Å². The summed E-state index contributed by atoms with van der Waals surface area (Å²) >= 11 is 6.00. The minimum atomic E-state index is -0.707. The van der Waals surface area contributed by atoms with Crippen LogP contribution in [0.15, 0.2) is 48.6 Å². The van der Waals surface area contributed by atoms with E-state index in [4.69, 9.17) is 11.6 Å². The molecule has 1 atom stereocenters. The van der Waals surface area contributed by atoms with Crippen LogP contribution in [-0.4, -0.2) is 51.5 Å². The molecule has 8 heteroatoms. The molecule has 2 heterocycles. The number of benzene rings is 2. The molecular weight excluding hydrogens is 404 g/mol. The number of halogens is 1. The van der Waals surface area contributed by atoms with Gasteiger partial charge in [0.15, 0.2) is 0 Å². The van der Waals surface area contributed by atoms with Crippen LogP contribution < -0.4 is 5.32 Å². The summed E-state index contributed by atoms with van der Waals surface area (Å²) in [6.07, 6.45) is 3.91. The molecule has 0 aliphatic carbocycles. The van der Waals surface area contributed by atoms with E-state index < -0.39 is 6.04 Å². The fraction of sp³-hybridized carbons (Fsp3) is 0.227. The molecule has 0 fully saturated rings. The first-order valence-corrected chi connectivity index (χ1v) is 9.96. The van der Waals surface area contributed by atoms with Crippen LogP contribution in [0.5, 0.6) is 0 Å². The monoisotopic (exact) mass is 424 g/mol. The molecule has 3 N–H and O–H groups in total. The summed E-state index contributed by atoms with van der Waals surface area (Å²) in [6.45, 7) is 2.68. The van der Waals surface area contributed by atoms with Crippen LogP contribution in [0.4, 0.5) is 0 Å². The third-order valence-electron chi connectivity index (χ3n) is 5.10. The van der Waals surface area contributed by atoms with E-state index >= 15 is 0 Å². The molecule has 0 saturated carbocycles. The Kier molecular flexibility index (Phi) is 5.57. The third-order valence-corrected chi connectivity index (χ3v) is 5.34. The van der Waals surface area contributed by atoms with Crippen LogP contribution in [0.25, 0.3) is 11.0 Å². The highest BCUT2D eigenvalue weighted by Gasteiger charge is 2.21. The normalized spacial score (nSPS) is 14.3. The van der Waals surface area contributed by atoms with E-state index in [1.807, 2.05) is 12.2 Å². The van der Waals surface area contributed by atoms with E-state index in [1.54, 1.807) is 48.2 Å². The van der Waals surface area contributed by atoms with E-state index in [2.05, 4.69) is 15.3 Å². The summed E-state index contributed by atoms with van der Waals surface area (Å²) in [5.41, 5.74) is 3.11. The summed E-state index contributed by atoms with van der Waals surface area (Å²) in [6, 6.07) is 9.49. The SMILES string of the molecule is Cc1cc(C(=O)NC(CO)c2nc3ccc(Cl)cc3[nH]2)ccc1C(=O)N1CC=CC1. The number of hydrogen-bond donors (Lipinski definition) is 3. The van der Waals surface area contributed by atoms with Crippen LogP contribution in [-0.2, 0) is 0 Å². The minimum Gasteiger partial charge on any atom is -0.394 e. The zero-order valence-electron chi connectivity index (χ0n) is 16.4. The number of carbonyl (C=O) groups excluding carboxylic acids is 2. The zero-order chi connectivity index (χ0) is 21.3. The van der Waals surface area contributed by atoms with Gasteiger partial charge in [0.1, 0.15) is 11.9 Å². The van der Waals surface area contributed by atoms with E-state index in [1.165, 1.54) is 0 Å². The predicted molar refractivity (Wildman–Crippen MR) is 115 cm³/mol. The predicted octanol–water partition coefficient (Wildman–Crippen LogP) is 3.00. The van der Waals surface area contributed by atoms with Gasteiger partial charge in [-0.1, -0.05) is 23.8 Å². The topological polar surface area (TPSA) is 98.3 Å². The Morgan fingerprint density at radius 3 is 2.70 bits per heavy atom. The van der Waals surface area contributed by atoms with Gasteiger partial charge in [-0.3, -0.25) is 9.59 Å². The Bertz CT molecular complexity index is 1150. The zero-order valence-corrected chi connectivity index (χ0v) is 17.1. The molecule has 0 bridgehead atoms. The number of rotatable bonds is 5. The second-order valence-electron chi connectivity index (χ2n) is 7.20. The lowest BCUT2D eigenvalue weighted by Crippen LogP contribution is -2.32. The summed E-state index contributed by atoms with van der Waals surface area (Å²) in [4.78, 5) is 34.6. The van der Waals surface area contributed by atoms with Crippen molar-refractivity contribution in [3.05, 3.63) is 76.1 Å². The van der Waals surface area contributed by atoms with Gasteiger partial charge in [0.25, 0.3) is 11.8 Å². The van der Waals surface area contributed by atoms with Gasteiger partial charge >= 0.3 is 0 Å². The lowest BCUT2D eigenvalue weighted by atomic mass is 10.0. The molecule has 2 aromatic carbocycles. The molecule has 1 aliphatic rings. The smallest absolute Gasteiger partial charge is 0.254 e. The van der Waals surface area contributed by atoms with Crippen molar-refractivity contribution in [1.29, 1.82) is 0 Å². The Balaban J connectivity index is 1.51. The first-order chi connectivity index (χ1) is 14.5. The molecule has 3 aromatic rings. The van der Waals surface area contributed by atoms with Crippen molar-refractivity contribution >= 4 is 34.4 Å². The number of nitrogens with zero attached hydrogens (tertiary/aromatic N) is 2. The minimum absolute atomic E-state index is 0.0568. The fourth-order valence-electron chi connectivity index (χ4n) is 3.47. The van der Waals surface area contributed by atoms with Crippen LogP contribution in [0.3, 0.4) is 0 Å². The summed E-state index contributed by atoms with van der Waals surface area (Å²) in [7, 11) is 0. The van der Waals surface area contributed by atoms with Crippen LogP contribution >= 0.6 is 11.6 Å². The van der Waals surface area contributed by atoms with Gasteiger partial charge < -0.3 is 20.3 Å². The molecule has 4 rings (SSSR count). The van der Waals surface area contributed by atoms with Crippen molar-refractivity contribution in [3.8, 4) is 0 Å². The van der Waals surface area contributed by atoms with E-state index in [0.717, 1.165) is 11.1 Å². The molecule has 0 saturated heterocycles. The third kappa shape index (κ3) is 3.94. The second-order valence-corrected chi connectivity index (χ2v) is 7.64. The quantitative estimate of drug-likeness (QED) is 0.548. The Morgan fingerprint density at radius 1 is 1.23 bits per heavy atom. The largest absolute Gasteiger partial charge is 0.394 e. The van der Waals surface area contributed by atoms with Gasteiger partial charge in [0.2, 0.25) is 0 Å². The molecule has 0 spiro atoms. The van der Waals surface area contributed by atoms with Gasteiger partial charge in [0, 0.05) is 29.2 Å². The number of carbonyl (C=O) groups is 2. The first kappa shape index (κ1) is 20.1. The van der Waals surface area contributed by atoms with Gasteiger partial charge in [-0.05, 0) is 48.9 Å². The van der Waals surface area contributed by atoms with E-state index in [0.29, 0.717) is 40.6 Å². The maximum Gasteiger partial charge on any atom is 0.254 e. The van der Waals surface area contributed by atoms with Crippen LogP contribution in [0.1, 0.15) is 38.1 Å². The number of aliphatic hydroxyl groups excluding tert-OH is 1. The molecule has 7 nitrogen and oxygen atoms in total. The molecule has 1 unspecified atom stereocenters. The molecule has 2 amide bonds. The maximum absolute atomic E-state index is 12.8. The van der Waals surface area contributed by atoms with Crippen molar-refractivity contribution in [2.24, 2.45) is 0 Å². The van der Waals surface area contributed by atoms with Crippen LogP contribution in [0, 0.1) is 6.92 Å². The first-order valence-electron chi connectivity index (χ1n) is 9.58. The number of aryl methyl sites for hydroxylation is 1. The maximum atomic E-state index is 12.8. The molecule has 0 radical (unpaired) electrons. The number of fused-ring (bicyclic) bond motifs is 1. The van der Waals surface area contributed by atoms with Crippen molar-refractivity contribution < 1.29 is 14.7 Å². The number of aliphatic hydroxyl groups is 1. The van der Waals surface area contributed by atoms with Gasteiger partial charge in [-0.15, -0.1) is 0 Å². The number of H-pyrrole nitrogens is 1. The Hall–Kier alpha value is -3.16. The van der Waals surface area contributed by atoms with Crippen molar-refractivity contribution in [3.63, 3.8) is 0 Å². The average molecular weight is 425 g/mol. The van der Waals surface area contributed by atoms with Gasteiger partial charge in [-0.25, -0.2) is 4.98 Å². The van der Waals surface area contributed by atoms with Crippen molar-refractivity contribution in [1.82, 2.24) is 20.2 Å². The molecule has 154 valence electrons. The summed E-state index contributed by atoms with van der Waals surface area (Å²) in [5, 5.41) is 13.1. The lowest BCUT2D eigenvalue weighted by Gasteiger charge is -2.18.